The van der Waals surface area contributed by atoms with Gasteiger partial charge in [-0.3, -0.25) is 4.79 Å². The van der Waals surface area contributed by atoms with Gasteiger partial charge in [-0.2, -0.15) is 0 Å². The van der Waals surface area contributed by atoms with Gasteiger partial charge in [-0.05, 0) is 55.6 Å². The number of carbonyl (C=O) groups is 1. The Bertz CT molecular complexity index is 770. The minimum absolute atomic E-state index is 0. The van der Waals surface area contributed by atoms with Gasteiger partial charge in [-0.15, -0.1) is 12.4 Å². The first-order chi connectivity index (χ1) is 12.7. The Kier molecular flexibility index (Phi) is 6.34. The van der Waals surface area contributed by atoms with Gasteiger partial charge >= 0.3 is 0 Å². The van der Waals surface area contributed by atoms with Gasteiger partial charge in [0.25, 0.3) is 5.91 Å². The number of benzene rings is 2. The summed E-state index contributed by atoms with van der Waals surface area (Å²) < 4.78 is 19.0. The first-order valence-corrected chi connectivity index (χ1v) is 9.22. The fraction of sp³-hybridized carbons (Fsp3) is 0.381. The predicted molar refractivity (Wildman–Crippen MR) is 105 cm³/mol. The van der Waals surface area contributed by atoms with Crippen molar-refractivity contribution in [3.63, 3.8) is 0 Å². The molecule has 2 heterocycles. The molecule has 2 aromatic rings. The number of ether oxygens (including phenoxy) is 1. The monoisotopic (exact) mass is 390 g/mol. The van der Waals surface area contributed by atoms with Gasteiger partial charge in [-0.25, -0.2) is 4.39 Å². The Balaban J connectivity index is 0.00000210. The Labute approximate surface area is 165 Å². The summed E-state index contributed by atoms with van der Waals surface area (Å²) >= 11 is 0. The van der Waals surface area contributed by atoms with E-state index in [1.54, 1.807) is 12.1 Å². The molecule has 0 aromatic heterocycles. The van der Waals surface area contributed by atoms with Crippen LogP contribution in [0.2, 0.25) is 0 Å². The van der Waals surface area contributed by atoms with E-state index in [-0.39, 0.29) is 30.2 Å². The lowest BCUT2D eigenvalue weighted by molar-refractivity contribution is 0.0675. The van der Waals surface area contributed by atoms with Gasteiger partial charge in [0.05, 0.1) is 5.56 Å². The van der Waals surface area contributed by atoms with Crippen LogP contribution in [0.25, 0.3) is 0 Å². The maximum Gasteiger partial charge on any atom is 0.258 e. The van der Waals surface area contributed by atoms with Gasteiger partial charge in [0.2, 0.25) is 0 Å². The van der Waals surface area contributed by atoms with Crippen molar-refractivity contribution in [2.45, 2.75) is 38.0 Å². The fourth-order valence-corrected chi connectivity index (χ4v) is 3.96. The van der Waals surface area contributed by atoms with E-state index < -0.39 is 0 Å². The number of rotatable bonds is 4. The number of amides is 1. The second-order valence-corrected chi connectivity index (χ2v) is 7.00. The maximum atomic E-state index is 13.3. The average Bonchev–Trinajstić information content (AvgIpc) is 2.93. The number of carbonyl (C=O) groups excluding carboxylic acids is 1. The molecule has 2 saturated heterocycles. The third kappa shape index (κ3) is 4.25. The molecule has 144 valence electrons. The smallest absolute Gasteiger partial charge is 0.258 e. The predicted octanol–water partition coefficient (Wildman–Crippen LogP) is 3.79. The zero-order valence-electron chi connectivity index (χ0n) is 15.1. The van der Waals surface area contributed by atoms with Crippen molar-refractivity contribution in [1.82, 2.24) is 10.2 Å². The lowest BCUT2D eigenvalue weighted by Gasteiger charge is -2.28. The summed E-state index contributed by atoms with van der Waals surface area (Å²) in [6, 6.07) is 14.2. The van der Waals surface area contributed by atoms with E-state index >= 15 is 0 Å². The van der Waals surface area contributed by atoms with E-state index in [1.165, 1.54) is 12.1 Å². The van der Waals surface area contributed by atoms with Crippen molar-refractivity contribution >= 4 is 18.3 Å². The van der Waals surface area contributed by atoms with Crippen molar-refractivity contribution in [3.8, 4) is 5.75 Å². The second-order valence-electron chi connectivity index (χ2n) is 7.00. The molecule has 2 atom stereocenters. The van der Waals surface area contributed by atoms with Crippen molar-refractivity contribution in [1.29, 1.82) is 0 Å². The van der Waals surface area contributed by atoms with Crippen LogP contribution in [0.1, 0.15) is 35.2 Å². The van der Waals surface area contributed by atoms with Crippen molar-refractivity contribution in [2.24, 2.45) is 0 Å². The van der Waals surface area contributed by atoms with Crippen molar-refractivity contribution < 1.29 is 13.9 Å². The first kappa shape index (κ1) is 19.6. The largest absolute Gasteiger partial charge is 0.488 e. The highest BCUT2D eigenvalue weighted by atomic mass is 35.5. The molecule has 2 aliphatic heterocycles. The molecule has 0 saturated carbocycles. The van der Waals surface area contributed by atoms with Crippen molar-refractivity contribution in [2.75, 3.05) is 13.1 Å². The molecule has 0 spiro atoms. The number of halogens is 2. The van der Waals surface area contributed by atoms with Crippen LogP contribution in [0.15, 0.2) is 48.5 Å². The Morgan fingerprint density at radius 1 is 1.07 bits per heavy atom. The third-order valence-electron chi connectivity index (χ3n) is 5.31. The molecule has 1 N–H and O–H groups in total. The van der Waals surface area contributed by atoms with Crippen LogP contribution in [0, 0.1) is 5.82 Å². The molecule has 2 aromatic carbocycles. The average molecular weight is 391 g/mol. The van der Waals surface area contributed by atoms with E-state index in [9.17, 15) is 9.18 Å². The normalized spacial score (nSPS) is 21.3. The van der Waals surface area contributed by atoms with Gasteiger partial charge in [0.15, 0.2) is 0 Å². The van der Waals surface area contributed by atoms with Crippen LogP contribution < -0.4 is 10.1 Å². The number of para-hydroxylation sites is 1. The Morgan fingerprint density at radius 2 is 1.81 bits per heavy atom. The summed E-state index contributed by atoms with van der Waals surface area (Å²) in [6.45, 7) is 2.13. The molecule has 2 fully saturated rings. The highest BCUT2D eigenvalue weighted by Crippen LogP contribution is 2.31. The minimum Gasteiger partial charge on any atom is -0.488 e. The molecule has 1 amide bonds. The molecular weight excluding hydrogens is 367 g/mol. The molecule has 27 heavy (non-hydrogen) atoms. The standard InChI is InChI=1S/C21H23FN2O2.ClH/c22-16-7-5-15(6-8-16)14-26-20-4-2-1-3-19(20)21(25)24-17-9-10-18(24)13-23-12-11-17;/h1-8,17-18,23H,9-14H2;1H. The highest BCUT2D eigenvalue weighted by molar-refractivity contribution is 5.97. The molecule has 2 bridgehead atoms. The summed E-state index contributed by atoms with van der Waals surface area (Å²) in [5.74, 6) is 0.365. The zero-order chi connectivity index (χ0) is 17.9. The van der Waals surface area contributed by atoms with Crippen LogP contribution in [-0.2, 0) is 6.61 Å². The number of hydrogen-bond donors (Lipinski definition) is 1. The molecule has 0 radical (unpaired) electrons. The van der Waals surface area contributed by atoms with E-state index in [1.807, 2.05) is 24.3 Å². The van der Waals surface area contributed by atoms with Crippen LogP contribution in [0.5, 0.6) is 5.75 Å². The SMILES string of the molecule is Cl.O=C(c1ccccc1OCc1ccc(F)cc1)N1C2CCNCC1CC2. The van der Waals surface area contributed by atoms with Crippen LogP contribution in [0.3, 0.4) is 0 Å². The number of fused-ring (bicyclic) bond motifs is 2. The second kappa shape index (κ2) is 8.72. The summed E-state index contributed by atoms with van der Waals surface area (Å²) in [6.07, 6.45) is 3.14. The van der Waals surface area contributed by atoms with E-state index in [2.05, 4.69) is 10.2 Å². The van der Waals surface area contributed by atoms with Gasteiger partial charge in [0.1, 0.15) is 18.2 Å². The molecule has 6 heteroatoms. The molecule has 4 rings (SSSR count). The maximum absolute atomic E-state index is 13.3. The highest BCUT2D eigenvalue weighted by Gasteiger charge is 2.39. The molecular formula is C21H24ClFN2O2. The summed E-state index contributed by atoms with van der Waals surface area (Å²) in [5, 5.41) is 3.43. The summed E-state index contributed by atoms with van der Waals surface area (Å²) in [5.41, 5.74) is 1.47. The molecule has 2 unspecified atom stereocenters. The molecule has 0 aliphatic carbocycles. The Morgan fingerprint density at radius 3 is 2.63 bits per heavy atom. The van der Waals surface area contributed by atoms with Crippen molar-refractivity contribution in [3.05, 3.63) is 65.5 Å². The van der Waals surface area contributed by atoms with E-state index in [0.29, 0.717) is 24.0 Å². The van der Waals surface area contributed by atoms with Crippen LogP contribution in [-0.4, -0.2) is 36.0 Å². The topological polar surface area (TPSA) is 41.6 Å². The van der Waals surface area contributed by atoms with Crippen LogP contribution in [0.4, 0.5) is 4.39 Å². The zero-order valence-corrected chi connectivity index (χ0v) is 15.9. The lowest BCUT2D eigenvalue weighted by Crippen LogP contribution is -2.42. The number of hydrogen-bond acceptors (Lipinski definition) is 3. The molecule has 2 aliphatic rings. The fourth-order valence-electron chi connectivity index (χ4n) is 3.96. The Hall–Kier alpha value is -2.11. The van der Waals surface area contributed by atoms with E-state index in [0.717, 1.165) is 37.9 Å². The first-order valence-electron chi connectivity index (χ1n) is 9.22. The van der Waals surface area contributed by atoms with Gasteiger partial charge in [0, 0.05) is 18.6 Å². The lowest BCUT2D eigenvalue weighted by atomic mass is 10.1. The third-order valence-corrected chi connectivity index (χ3v) is 5.31. The minimum atomic E-state index is -0.269. The summed E-state index contributed by atoms with van der Waals surface area (Å²) in [7, 11) is 0. The van der Waals surface area contributed by atoms with E-state index in [4.69, 9.17) is 4.74 Å². The number of nitrogens with zero attached hydrogens (tertiary/aromatic N) is 1. The quantitative estimate of drug-likeness (QED) is 0.863. The van der Waals surface area contributed by atoms with Gasteiger partial charge < -0.3 is 15.0 Å². The summed E-state index contributed by atoms with van der Waals surface area (Å²) in [4.78, 5) is 15.3. The number of nitrogens with one attached hydrogen (secondary N) is 1. The van der Waals surface area contributed by atoms with Gasteiger partial charge in [-0.1, -0.05) is 24.3 Å². The van der Waals surface area contributed by atoms with Crippen LogP contribution >= 0.6 is 12.4 Å². The molecule has 4 nitrogen and oxygen atoms in total.